The summed E-state index contributed by atoms with van der Waals surface area (Å²) in [6.45, 7) is 6.79. The first kappa shape index (κ1) is 20.4. The Morgan fingerprint density at radius 1 is 1.38 bits per heavy atom. The van der Waals surface area contributed by atoms with Crippen molar-refractivity contribution in [2.45, 2.75) is 23.8 Å². The van der Waals surface area contributed by atoms with E-state index in [2.05, 4.69) is 27.1 Å². The van der Waals surface area contributed by atoms with E-state index in [1.54, 1.807) is 7.05 Å². The molecule has 0 saturated carbocycles. The summed E-state index contributed by atoms with van der Waals surface area (Å²) >= 11 is 0. The van der Waals surface area contributed by atoms with Crippen LogP contribution in [0.4, 0.5) is 4.39 Å². The number of aliphatic imine (C=N–C) groups is 1. The zero-order valence-corrected chi connectivity index (χ0v) is 15.9. The standard InChI is InChI=1S/C18H27FN4O2S/c1-3-11-23-12-8-15(9-13-23)22-18(20-2)21-10-14-26(24,25)17-7-5-4-6-16(17)19/h3-7,15H,1,8-14H2,2H3,(H2,20,21,22). The molecule has 0 aromatic heterocycles. The monoisotopic (exact) mass is 382 g/mol. The van der Waals surface area contributed by atoms with Gasteiger partial charge in [-0.05, 0) is 25.0 Å². The summed E-state index contributed by atoms with van der Waals surface area (Å²) in [5.74, 6) is -0.357. The molecule has 26 heavy (non-hydrogen) atoms. The van der Waals surface area contributed by atoms with Crippen LogP contribution in [0.2, 0.25) is 0 Å². The molecule has 1 aromatic rings. The number of rotatable bonds is 7. The molecule has 2 rings (SSSR count). The van der Waals surface area contributed by atoms with Gasteiger partial charge in [-0.1, -0.05) is 18.2 Å². The zero-order valence-electron chi connectivity index (χ0n) is 15.1. The third kappa shape index (κ3) is 5.81. The Morgan fingerprint density at radius 3 is 2.69 bits per heavy atom. The van der Waals surface area contributed by atoms with Crippen molar-refractivity contribution in [3.63, 3.8) is 0 Å². The number of hydrogen-bond donors (Lipinski definition) is 2. The Labute approximate surface area is 155 Å². The lowest BCUT2D eigenvalue weighted by Crippen LogP contribution is -2.49. The lowest BCUT2D eigenvalue weighted by molar-refractivity contribution is 0.225. The number of likely N-dealkylation sites (tertiary alicyclic amines) is 1. The highest BCUT2D eigenvalue weighted by atomic mass is 32.2. The summed E-state index contributed by atoms with van der Waals surface area (Å²) < 4.78 is 38.2. The first-order chi connectivity index (χ1) is 12.5. The van der Waals surface area contributed by atoms with Gasteiger partial charge in [-0.3, -0.25) is 9.89 Å². The molecule has 0 aliphatic carbocycles. The minimum absolute atomic E-state index is 0.158. The minimum Gasteiger partial charge on any atom is -0.355 e. The highest BCUT2D eigenvalue weighted by molar-refractivity contribution is 7.91. The molecule has 1 aliphatic rings. The van der Waals surface area contributed by atoms with Crippen LogP contribution < -0.4 is 10.6 Å². The zero-order chi connectivity index (χ0) is 19.0. The van der Waals surface area contributed by atoms with Crippen LogP contribution in [0.1, 0.15) is 12.8 Å². The average molecular weight is 383 g/mol. The average Bonchev–Trinajstić information content (AvgIpc) is 2.62. The summed E-state index contributed by atoms with van der Waals surface area (Å²) in [6, 6.07) is 5.72. The van der Waals surface area contributed by atoms with Crippen molar-refractivity contribution in [1.29, 1.82) is 0 Å². The van der Waals surface area contributed by atoms with E-state index in [1.165, 1.54) is 18.2 Å². The highest BCUT2D eigenvalue weighted by Gasteiger charge is 2.20. The van der Waals surface area contributed by atoms with E-state index in [0.717, 1.165) is 38.5 Å². The molecule has 0 unspecified atom stereocenters. The first-order valence-electron chi connectivity index (χ1n) is 8.74. The fraction of sp³-hybridized carbons (Fsp3) is 0.500. The van der Waals surface area contributed by atoms with Crippen LogP contribution in [0.3, 0.4) is 0 Å². The molecule has 1 fully saturated rings. The molecule has 6 nitrogen and oxygen atoms in total. The third-order valence-corrected chi connectivity index (χ3v) is 6.12. The van der Waals surface area contributed by atoms with Crippen LogP contribution in [0.25, 0.3) is 0 Å². The number of benzene rings is 1. The number of guanidine groups is 1. The molecule has 0 atom stereocenters. The van der Waals surface area contributed by atoms with Crippen molar-refractivity contribution >= 4 is 15.8 Å². The van der Waals surface area contributed by atoms with Crippen molar-refractivity contribution in [3.05, 3.63) is 42.7 Å². The SMILES string of the molecule is C=CCN1CCC(NC(=NC)NCCS(=O)(=O)c2ccccc2F)CC1. The molecule has 1 aliphatic heterocycles. The third-order valence-electron chi connectivity index (χ3n) is 4.37. The van der Waals surface area contributed by atoms with E-state index < -0.39 is 15.7 Å². The number of nitrogens with one attached hydrogen (secondary N) is 2. The quantitative estimate of drug-likeness (QED) is 0.424. The Kier molecular flexibility index (Phi) is 7.59. The number of sulfone groups is 1. The predicted molar refractivity (Wildman–Crippen MR) is 103 cm³/mol. The maximum atomic E-state index is 13.7. The lowest BCUT2D eigenvalue weighted by Gasteiger charge is -2.32. The second-order valence-electron chi connectivity index (χ2n) is 6.26. The van der Waals surface area contributed by atoms with E-state index in [1.807, 2.05) is 6.08 Å². The van der Waals surface area contributed by atoms with Crippen LogP contribution >= 0.6 is 0 Å². The number of hydrogen-bond acceptors (Lipinski definition) is 4. The minimum atomic E-state index is -3.68. The Bertz CT molecular complexity index is 728. The molecule has 0 amide bonds. The maximum Gasteiger partial charge on any atom is 0.191 e. The molecule has 144 valence electrons. The van der Waals surface area contributed by atoms with Gasteiger partial charge in [-0.15, -0.1) is 6.58 Å². The van der Waals surface area contributed by atoms with Gasteiger partial charge in [-0.25, -0.2) is 12.8 Å². The first-order valence-corrected chi connectivity index (χ1v) is 10.4. The molecule has 0 spiro atoms. The van der Waals surface area contributed by atoms with Gasteiger partial charge < -0.3 is 10.6 Å². The fourth-order valence-electron chi connectivity index (χ4n) is 2.94. The van der Waals surface area contributed by atoms with Crippen LogP contribution in [-0.4, -0.2) is 64.3 Å². The molecular weight excluding hydrogens is 355 g/mol. The summed E-state index contributed by atoms with van der Waals surface area (Å²) in [5, 5.41) is 6.33. The molecule has 2 N–H and O–H groups in total. The number of piperidine rings is 1. The van der Waals surface area contributed by atoms with Crippen LogP contribution in [0.5, 0.6) is 0 Å². The van der Waals surface area contributed by atoms with Crippen molar-refractivity contribution in [2.75, 3.05) is 39.0 Å². The van der Waals surface area contributed by atoms with Gasteiger partial charge in [0.1, 0.15) is 10.7 Å². The number of halogens is 1. The smallest absolute Gasteiger partial charge is 0.191 e. The second-order valence-corrected chi connectivity index (χ2v) is 8.33. The van der Waals surface area contributed by atoms with Crippen molar-refractivity contribution in [2.24, 2.45) is 4.99 Å². The maximum absolute atomic E-state index is 13.7. The summed E-state index contributed by atoms with van der Waals surface area (Å²) in [7, 11) is -2.03. The van der Waals surface area contributed by atoms with E-state index in [4.69, 9.17) is 0 Å². The molecule has 1 aromatic carbocycles. The van der Waals surface area contributed by atoms with Gasteiger partial charge in [-0.2, -0.15) is 0 Å². The molecular formula is C18H27FN4O2S. The normalized spacial score (nSPS) is 17.1. The largest absolute Gasteiger partial charge is 0.355 e. The van der Waals surface area contributed by atoms with Crippen LogP contribution in [0.15, 0.2) is 46.8 Å². The molecule has 0 radical (unpaired) electrons. The molecule has 0 bridgehead atoms. The van der Waals surface area contributed by atoms with Crippen molar-refractivity contribution < 1.29 is 12.8 Å². The van der Waals surface area contributed by atoms with Crippen molar-refractivity contribution in [3.8, 4) is 0 Å². The van der Waals surface area contributed by atoms with Gasteiger partial charge in [0.15, 0.2) is 15.8 Å². The van der Waals surface area contributed by atoms with E-state index in [0.29, 0.717) is 12.0 Å². The lowest BCUT2D eigenvalue weighted by atomic mass is 10.1. The summed E-state index contributed by atoms with van der Waals surface area (Å²) in [5.41, 5.74) is 0. The van der Waals surface area contributed by atoms with E-state index >= 15 is 0 Å². The molecule has 8 heteroatoms. The predicted octanol–water partition coefficient (Wildman–Crippen LogP) is 1.41. The van der Waals surface area contributed by atoms with Gasteiger partial charge in [0, 0.05) is 39.3 Å². The second kappa shape index (κ2) is 9.68. The fourth-order valence-corrected chi connectivity index (χ4v) is 4.18. The topological polar surface area (TPSA) is 73.8 Å². The van der Waals surface area contributed by atoms with Crippen LogP contribution in [0, 0.1) is 5.82 Å². The van der Waals surface area contributed by atoms with Crippen molar-refractivity contribution in [1.82, 2.24) is 15.5 Å². The van der Waals surface area contributed by atoms with Gasteiger partial charge in [0.25, 0.3) is 0 Å². The Morgan fingerprint density at radius 2 is 2.08 bits per heavy atom. The Hall–Kier alpha value is -1.93. The summed E-state index contributed by atoms with van der Waals surface area (Å²) in [4.78, 5) is 6.21. The highest BCUT2D eigenvalue weighted by Crippen LogP contribution is 2.14. The van der Waals surface area contributed by atoms with E-state index in [-0.39, 0.29) is 17.2 Å². The van der Waals surface area contributed by atoms with E-state index in [9.17, 15) is 12.8 Å². The Balaban J connectivity index is 1.81. The van der Waals surface area contributed by atoms with Gasteiger partial charge >= 0.3 is 0 Å². The summed E-state index contributed by atoms with van der Waals surface area (Å²) in [6.07, 6.45) is 3.88. The molecule has 1 heterocycles. The number of nitrogens with zero attached hydrogens (tertiary/aromatic N) is 2. The molecule has 1 saturated heterocycles. The van der Waals surface area contributed by atoms with Crippen LogP contribution in [-0.2, 0) is 9.84 Å². The van der Waals surface area contributed by atoms with Gasteiger partial charge in [0.05, 0.1) is 5.75 Å². The van der Waals surface area contributed by atoms with Gasteiger partial charge in [0.2, 0.25) is 0 Å².